The first-order valence-electron chi connectivity index (χ1n) is 5.45. The number of anilines is 2. The molecule has 0 aromatic heterocycles. The minimum atomic E-state index is 0.134. The molecule has 1 aromatic rings. The van der Waals surface area contributed by atoms with E-state index in [1.54, 1.807) is 0 Å². The predicted octanol–water partition coefficient (Wildman–Crippen LogP) is 2.84. The summed E-state index contributed by atoms with van der Waals surface area (Å²) < 4.78 is 4.79. The Kier molecular flexibility index (Phi) is 1.80. The molecule has 0 unspecified atom stereocenters. The Morgan fingerprint density at radius 1 is 0.938 bits per heavy atom. The van der Waals surface area contributed by atoms with Gasteiger partial charge in [0.15, 0.2) is 0 Å². The van der Waals surface area contributed by atoms with Crippen molar-refractivity contribution in [2.24, 2.45) is 0 Å². The third-order valence-electron chi connectivity index (χ3n) is 3.31. The summed E-state index contributed by atoms with van der Waals surface area (Å²) in [6, 6.07) is 8.72. The van der Waals surface area contributed by atoms with Gasteiger partial charge in [-0.3, -0.25) is 0 Å². The molecule has 0 aliphatic carbocycles. The van der Waals surface area contributed by atoms with Crippen molar-refractivity contribution in [3.63, 3.8) is 0 Å². The Bertz CT molecular complexity index is 508. The number of fused-ring (bicyclic) bond motifs is 1. The van der Waals surface area contributed by atoms with Crippen molar-refractivity contribution in [2.75, 3.05) is 22.9 Å². The molecule has 4 aliphatic rings. The maximum Gasteiger partial charge on any atom is 0.0711 e. The zero-order valence-electron chi connectivity index (χ0n) is 8.73. The molecule has 16 heavy (non-hydrogen) atoms. The Morgan fingerprint density at radius 3 is 2.38 bits per heavy atom. The molecular formula is C13H11IN2. The van der Waals surface area contributed by atoms with Crippen molar-refractivity contribution in [1.82, 2.24) is 0 Å². The second-order valence-corrected chi connectivity index (χ2v) is 6.15. The topological polar surface area (TPSA) is 6.48 Å². The maximum atomic E-state index is 2.48. The first-order valence-corrected chi connectivity index (χ1v) is 7.94. The fraction of sp³-hybridized carbons (Fsp3) is 0.154. The summed E-state index contributed by atoms with van der Waals surface area (Å²) in [5, 5.41) is 0. The molecule has 80 valence electrons. The fourth-order valence-electron chi connectivity index (χ4n) is 2.62. The van der Waals surface area contributed by atoms with Crippen LogP contribution in [0.4, 0.5) is 11.4 Å². The van der Waals surface area contributed by atoms with Crippen LogP contribution in [0.3, 0.4) is 0 Å². The van der Waals surface area contributed by atoms with Gasteiger partial charge in [0.05, 0.1) is 22.8 Å². The number of hydrogen-bond donors (Lipinski definition) is 0. The number of halogens is 1. The third kappa shape index (κ3) is 1.04. The van der Waals surface area contributed by atoms with E-state index in [2.05, 4.69) is 48.2 Å². The molecule has 5 rings (SSSR count). The second kappa shape index (κ2) is 3.20. The summed E-state index contributed by atoms with van der Waals surface area (Å²) in [6.07, 6.45) is 2.31. The first kappa shape index (κ1) is 8.98. The molecule has 4 aliphatic heterocycles. The minimum Gasteiger partial charge on any atom is -0.336 e. The lowest BCUT2D eigenvalue weighted by Crippen LogP contribution is -2.47. The maximum absolute atomic E-state index is 2.48. The number of para-hydroxylation sites is 2. The standard InChI is InChI=1S/C13H11IN2/c1-2-4-11-10(3-1)15-7-8-16(11)13-9-14-6-5-12(13)15/h1-6,9H,7-8H2. The molecule has 0 saturated heterocycles. The van der Waals surface area contributed by atoms with Crippen LogP contribution in [0.1, 0.15) is 0 Å². The number of rotatable bonds is 0. The Balaban J connectivity index is 2.00. The van der Waals surface area contributed by atoms with Gasteiger partial charge in [-0.05, 0) is 26.3 Å². The lowest BCUT2D eigenvalue weighted by atomic mass is 10.0. The number of benzene rings is 1. The van der Waals surface area contributed by atoms with Crippen LogP contribution in [0.5, 0.6) is 0 Å². The average Bonchev–Trinajstić information content (AvgIpc) is 2.40. The molecule has 0 saturated carbocycles. The quantitative estimate of drug-likeness (QED) is 0.678. The summed E-state index contributed by atoms with van der Waals surface area (Å²) in [7, 11) is 0. The van der Waals surface area contributed by atoms with E-state index in [0.717, 1.165) is 13.1 Å². The number of nitrogens with zero attached hydrogens (tertiary/aromatic N) is 2. The summed E-state index contributed by atoms with van der Waals surface area (Å²) in [4.78, 5) is 4.94. The van der Waals surface area contributed by atoms with Gasteiger partial charge < -0.3 is 9.80 Å². The minimum absolute atomic E-state index is 0.134. The van der Waals surface area contributed by atoms with Gasteiger partial charge in [-0.1, -0.05) is 32.9 Å². The fourth-order valence-corrected chi connectivity index (χ4v) is 4.37. The largest absolute Gasteiger partial charge is 0.336 e. The average molecular weight is 322 g/mol. The van der Waals surface area contributed by atoms with E-state index in [9.17, 15) is 0 Å². The molecule has 0 fully saturated rings. The van der Waals surface area contributed by atoms with Gasteiger partial charge in [-0.2, -0.15) is 0 Å². The lowest BCUT2D eigenvalue weighted by molar-refractivity contribution is 0.768. The monoisotopic (exact) mass is 322 g/mol. The molecule has 2 bridgehead atoms. The molecule has 0 atom stereocenters. The highest BCUT2D eigenvalue weighted by Gasteiger charge is 2.33. The van der Waals surface area contributed by atoms with E-state index in [-0.39, 0.29) is 20.7 Å². The van der Waals surface area contributed by atoms with Crippen LogP contribution in [-0.2, 0) is 0 Å². The highest BCUT2D eigenvalue weighted by molar-refractivity contribution is 14.2. The van der Waals surface area contributed by atoms with Crippen LogP contribution in [0.2, 0.25) is 0 Å². The van der Waals surface area contributed by atoms with Crippen molar-refractivity contribution < 1.29 is 0 Å². The van der Waals surface area contributed by atoms with Crippen LogP contribution < -0.4 is 9.80 Å². The SMILES string of the molecule is C1=CC2=C(C=I1)N1CCN2c2ccccc21. The van der Waals surface area contributed by atoms with Crippen LogP contribution in [0.15, 0.2) is 45.8 Å². The van der Waals surface area contributed by atoms with Gasteiger partial charge >= 0.3 is 0 Å². The van der Waals surface area contributed by atoms with Crippen molar-refractivity contribution in [1.29, 1.82) is 0 Å². The van der Waals surface area contributed by atoms with Crippen LogP contribution in [0.25, 0.3) is 0 Å². The molecule has 0 N–H and O–H groups in total. The Hall–Kier alpha value is -1.10. The van der Waals surface area contributed by atoms with E-state index < -0.39 is 0 Å². The van der Waals surface area contributed by atoms with Crippen molar-refractivity contribution >= 4 is 36.1 Å². The highest BCUT2D eigenvalue weighted by Crippen LogP contribution is 2.43. The first-order chi connectivity index (χ1) is 7.95. The van der Waals surface area contributed by atoms with Crippen molar-refractivity contribution in [3.05, 3.63) is 45.8 Å². The van der Waals surface area contributed by atoms with Crippen molar-refractivity contribution in [3.8, 4) is 0 Å². The predicted molar refractivity (Wildman–Crippen MR) is 77.4 cm³/mol. The lowest BCUT2D eigenvalue weighted by Gasteiger charge is -2.46. The third-order valence-corrected chi connectivity index (χ3v) is 5.04. The molecule has 1 aromatic carbocycles. The van der Waals surface area contributed by atoms with E-state index in [0.29, 0.717) is 0 Å². The van der Waals surface area contributed by atoms with Crippen LogP contribution in [0, 0.1) is 0 Å². The van der Waals surface area contributed by atoms with Crippen molar-refractivity contribution in [2.45, 2.75) is 0 Å². The molecule has 0 amide bonds. The smallest absolute Gasteiger partial charge is 0.0711 e. The van der Waals surface area contributed by atoms with Gasteiger partial charge in [0.25, 0.3) is 0 Å². The Labute approximate surface area is 105 Å². The molecular weight excluding hydrogens is 311 g/mol. The second-order valence-electron chi connectivity index (χ2n) is 4.09. The van der Waals surface area contributed by atoms with E-state index in [1.165, 1.54) is 22.8 Å². The summed E-state index contributed by atoms with van der Waals surface area (Å²) in [6.45, 7) is 2.25. The van der Waals surface area contributed by atoms with Crippen LogP contribution >= 0.6 is 20.7 Å². The molecule has 2 nitrogen and oxygen atoms in total. The van der Waals surface area contributed by atoms with Gasteiger partial charge in [0, 0.05) is 13.1 Å². The molecule has 3 heteroatoms. The highest BCUT2D eigenvalue weighted by atomic mass is 127. The summed E-state index contributed by atoms with van der Waals surface area (Å²) in [5.74, 6) is 0. The van der Waals surface area contributed by atoms with Gasteiger partial charge in [0.2, 0.25) is 0 Å². The molecule has 4 heterocycles. The van der Waals surface area contributed by atoms with E-state index in [1.807, 2.05) is 0 Å². The number of allylic oxidation sites excluding steroid dienone is 2. The summed E-state index contributed by atoms with van der Waals surface area (Å²) >= 11 is 0.134. The number of hydrogen-bond acceptors (Lipinski definition) is 2. The molecule has 0 radical (unpaired) electrons. The zero-order chi connectivity index (χ0) is 10.5. The van der Waals surface area contributed by atoms with Gasteiger partial charge in [-0.15, -0.1) is 0 Å². The normalized spacial score (nSPS) is 20.8. The zero-order valence-corrected chi connectivity index (χ0v) is 10.9. The van der Waals surface area contributed by atoms with E-state index in [4.69, 9.17) is 0 Å². The Morgan fingerprint density at radius 2 is 1.62 bits per heavy atom. The molecule has 0 spiro atoms. The summed E-state index contributed by atoms with van der Waals surface area (Å²) in [5.41, 5.74) is 5.59. The van der Waals surface area contributed by atoms with Gasteiger partial charge in [0.1, 0.15) is 0 Å². The van der Waals surface area contributed by atoms with Gasteiger partial charge in [-0.25, -0.2) is 0 Å². The van der Waals surface area contributed by atoms with E-state index >= 15 is 0 Å². The van der Waals surface area contributed by atoms with Crippen LogP contribution in [-0.4, -0.2) is 17.1 Å².